The van der Waals surface area contributed by atoms with E-state index in [4.69, 9.17) is 0 Å². The average molecular weight is 383 g/mol. The Hall–Kier alpha value is -2.61. The lowest BCUT2D eigenvalue weighted by molar-refractivity contribution is -0.137. The van der Waals surface area contributed by atoms with E-state index in [-0.39, 0.29) is 24.9 Å². The summed E-state index contributed by atoms with van der Waals surface area (Å²) in [5, 5.41) is 5.19. The van der Waals surface area contributed by atoms with Crippen molar-refractivity contribution in [1.29, 1.82) is 0 Å². The lowest BCUT2D eigenvalue weighted by Gasteiger charge is -2.25. The maximum atomic E-state index is 13.4. The largest absolute Gasteiger partial charge is 0.416 e. The minimum absolute atomic E-state index is 0.0393. The molecule has 2 rings (SSSR count). The third kappa shape index (κ3) is 6.25. The Labute approximate surface area is 155 Å². The Bertz CT molecular complexity index is 778. The molecular formula is C19H21F4N3O. The van der Waals surface area contributed by atoms with Crippen molar-refractivity contribution >= 4 is 6.03 Å². The first-order chi connectivity index (χ1) is 12.7. The van der Waals surface area contributed by atoms with Crippen LogP contribution in [-0.4, -0.2) is 31.6 Å². The van der Waals surface area contributed by atoms with Crippen molar-refractivity contribution in [2.45, 2.75) is 18.8 Å². The first-order valence-corrected chi connectivity index (χ1v) is 8.26. The summed E-state index contributed by atoms with van der Waals surface area (Å²) >= 11 is 0. The van der Waals surface area contributed by atoms with Crippen molar-refractivity contribution in [2.24, 2.45) is 0 Å². The van der Waals surface area contributed by atoms with Gasteiger partial charge < -0.3 is 15.5 Å². The second kappa shape index (κ2) is 8.85. The molecule has 146 valence electrons. The summed E-state index contributed by atoms with van der Waals surface area (Å²) < 4.78 is 51.5. The van der Waals surface area contributed by atoms with Crippen molar-refractivity contribution in [3.8, 4) is 0 Å². The maximum Gasteiger partial charge on any atom is 0.416 e. The number of rotatable bonds is 6. The highest BCUT2D eigenvalue weighted by atomic mass is 19.4. The van der Waals surface area contributed by atoms with Crippen molar-refractivity contribution in [3.63, 3.8) is 0 Å². The van der Waals surface area contributed by atoms with Crippen molar-refractivity contribution < 1.29 is 22.4 Å². The van der Waals surface area contributed by atoms with Crippen LogP contribution in [0, 0.1) is 5.82 Å². The second-order valence-corrected chi connectivity index (χ2v) is 6.30. The summed E-state index contributed by atoms with van der Waals surface area (Å²) in [7, 11) is 3.61. The number of alkyl halides is 3. The van der Waals surface area contributed by atoms with E-state index in [0.717, 1.165) is 12.1 Å². The number of amides is 2. The predicted molar refractivity (Wildman–Crippen MR) is 94.5 cm³/mol. The number of benzene rings is 2. The van der Waals surface area contributed by atoms with Crippen molar-refractivity contribution in [3.05, 3.63) is 71.0 Å². The van der Waals surface area contributed by atoms with Gasteiger partial charge in [-0.05, 0) is 49.5 Å². The standard InChI is InChI=1S/C19H21F4N3O/c1-26(2)17(14-6-4-8-16(20)10-14)12-25-18(27)24-11-13-5-3-7-15(9-13)19(21,22)23/h3-10,17H,11-12H2,1-2H3,(H2,24,25,27). The van der Waals surface area contributed by atoms with Crippen LogP contribution in [0.5, 0.6) is 0 Å². The molecule has 0 bridgehead atoms. The van der Waals surface area contributed by atoms with Crippen LogP contribution in [0.15, 0.2) is 48.5 Å². The van der Waals surface area contributed by atoms with Gasteiger partial charge in [-0.2, -0.15) is 13.2 Å². The van der Waals surface area contributed by atoms with E-state index in [2.05, 4.69) is 10.6 Å². The number of urea groups is 1. The first-order valence-electron chi connectivity index (χ1n) is 8.26. The van der Waals surface area contributed by atoms with Crippen LogP contribution in [0.1, 0.15) is 22.7 Å². The minimum atomic E-state index is -4.43. The van der Waals surface area contributed by atoms with Crippen LogP contribution in [0.2, 0.25) is 0 Å². The molecule has 2 N–H and O–H groups in total. The molecule has 0 saturated heterocycles. The maximum absolute atomic E-state index is 13.4. The van der Waals surface area contributed by atoms with Crippen molar-refractivity contribution in [1.82, 2.24) is 15.5 Å². The molecule has 0 aliphatic carbocycles. The van der Waals surface area contributed by atoms with Gasteiger partial charge in [-0.25, -0.2) is 9.18 Å². The molecule has 4 nitrogen and oxygen atoms in total. The van der Waals surface area contributed by atoms with Gasteiger partial charge in [0.2, 0.25) is 0 Å². The number of hydrogen-bond donors (Lipinski definition) is 2. The van der Waals surface area contributed by atoms with Gasteiger partial charge in [0.1, 0.15) is 5.82 Å². The van der Waals surface area contributed by atoms with Crippen LogP contribution < -0.4 is 10.6 Å². The van der Waals surface area contributed by atoms with Gasteiger partial charge in [0, 0.05) is 13.1 Å². The Morgan fingerprint density at radius 1 is 1.07 bits per heavy atom. The molecule has 2 aromatic rings. The SMILES string of the molecule is CN(C)C(CNC(=O)NCc1cccc(C(F)(F)F)c1)c1cccc(F)c1. The molecule has 2 aromatic carbocycles. The molecule has 2 amide bonds. The third-order valence-electron chi connectivity index (χ3n) is 4.02. The number of halogens is 4. The van der Waals surface area contributed by atoms with E-state index in [1.807, 2.05) is 4.90 Å². The number of hydrogen-bond acceptors (Lipinski definition) is 2. The van der Waals surface area contributed by atoms with Gasteiger partial charge in [-0.3, -0.25) is 0 Å². The molecule has 0 heterocycles. The first kappa shape index (κ1) is 20.7. The summed E-state index contributed by atoms with van der Waals surface area (Å²) in [4.78, 5) is 13.8. The number of nitrogens with zero attached hydrogens (tertiary/aromatic N) is 1. The highest BCUT2D eigenvalue weighted by Gasteiger charge is 2.30. The number of likely N-dealkylation sites (N-methyl/N-ethyl adjacent to an activating group) is 1. The summed E-state index contributed by atoms with van der Waals surface area (Å²) in [6, 6.07) is 10.1. The number of carbonyl (C=O) groups excluding carboxylic acids is 1. The van der Waals surface area contributed by atoms with Gasteiger partial charge in [0.25, 0.3) is 0 Å². The fourth-order valence-corrected chi connectivity index (χ4v) is 2.60. The molecular weight excluding hydrogens is 362 g/mol. The summed E-state index contributed by atoms with van der Waals surface area (Å²) in [6.45, 7) is 0.174. The number of carbonyl (C=O) groups is 1. The van der Waals surface area contributed by atoms with Gasteiger partial charge in [-0.15, -0.1) is 0 Å². The number of nitrogens with one attached hydrogen (secondary N) is 2. The molecule has 1 atom stereocenters. The molecule has 0 aliphatic rings. The van der Waals surface area contributed by atoms with Crippen LogP contribution in [0.25, 0.3) is 0 Å². The van der Waals surface area contributed by atoms with E-state index < -0.39 is 17.8 Å². The molecule has 0 aliphatic heterocycles. The van der Waals surface area contributed by atoms with E-state index in [1.54, 1.807) is 26.2 Å². The topological polar surface area (TPSA) is 44.4 Å². The van der Waals surface area contributed by atoms with Crippen LogP contribution in [-0.2, 0) is 12.7 Å². The fourth-order valence-electron chi connectivity index (χ4n) is 2.60. The lowest BCUT2D eigenvalue weighted by Crippen LogP contribution is -2.40. The van der Waals surface area contributed by atoms with Gasteiger partial charge in [0.15, 0.2) is 0 Å². The Morgan fingerprint density at radius 3 is 2.41 bits per heavy atom. The van der Waals surface area contributed by atoms with Crippen LogP contribution in [0.3, 0.4) is 0 Å². The van der Waals surface area contributed by atoms with Crippen LogP contribution in [0.4, 0.5) is 22.4 Å². The molecule has 8 heteroatoms. The molecule has 0 radical (unpaired) electrons. The van der Waals surface area contributed by atoms with E-state index in [9.17, 15) is 22.4 Å². The van der Waals surface area contributed by atoms with Gasteiger partial charge in [-0.1, -0.05) is 24.3 Å². The Balaban J connectivity index is 1.91. The van der Waals surface area contributed by atoms with Gasteiger partial charge >= 0.3 is 12.2 Å². The van der Waals surface area contributed by atoms with Gasteiger partial charge in [0.05, 0.1) is 11.6 Å². The molecule has 0 fully saturated rings. The highest BCUT2D eigenvalue weighted by molar-refractivity contribution is 5.73. The summed E-state index contributed by atoms with van der Waals surface area (Å²) in [5.74, 6) is -0.367. The quantitative estimate of drug-likeness (QED) is 0.742. The molecule has 0 saturated carbocycles. The summed E-state index contributed by atoms with van der Waals surface area (Å²) in [6.07, 6.45) is -4.43. The second-order valence-electron chi connectivity index (χ2n) is 6.30. The lowest BCUT2D eigenvalue weighted by atomic mass is 10.1. The smallest absolute Gasteiger partial charge is 0.336 e. The van der Waals surface area contributed by atoms with Crippen LogP contribution >= 0.6 is 0 Å². The molecule has 0 aromatic heterocycles. The van der Waals surface area contributed by atoms with E-state index in [0.29, 0.717) is 11.1 Å². The zero-order valence-corrected chi connectivity index (χ0v) is 15.0. The zero-order chi connectivity index (χ0) is 20.0. The highest BCUT2D eigenvalue weighted by Crippen LogP contribution is 2.29. The van der Waals surface area contributed by atoms with E-state index >= 15 is 0 Å². The Morgan fingerprint density at radius 2 is 1.78 bits per heavy atom. The molecule has 1 unspecified atom stereocenters. The van der Waals surface area contributed by atoms with E-state index in [1.165, 1.54) is 24.3 Å². The third-order valence-corrected chi connectivity index (χ3v) is 4.02. The normalized spacial score (nSPS) is 12.7. The Kier molecular flexibility index (Phi) is 6.79. The minimum Gasteiger partial charge on any atom is -0.336 e. The predicted octanol–water partition coefficient (Wildman–Crippen LogP) is 3.95. The molecule has 0 spiro atoms. The summed E-state index contributed by atoms with van der Waals surface area (Å²) in [5.41, 5.74) is 0.286. The fraction of sp³-hybridized carbons (Fsp3) is 0.316. The van der Waals surface area contributed by atoms with Crippen molar-refractivity contribution in [2.75, 3.05) is 20.6 Å². The average Bonchev–Trinajstić information content (AvgIpc) is 2.59. The molecule has 27 heavy (non-hydrogen) atoms. The monoisotopic (exact) mass is 383 g/mol. The zero-order valence-electron chi connectivity index (χ0n) is 15.0.